The van der Waals surface area contributed by atoms with E-state index in [-0.39, 0.29) is 11.8 Å². The highest BCUT2D eigenvalue weighted by Gasteiger charge is 2.42. The van der Waals surface area contributed by atoms with Crippen molar-refractivity contribution in [3.05, 3.63) is 18.5 Å². The molecule has 1 aliphatic heterocycles. The van der Waals surface area contributed by atoms with E-state index >= 15 is 0 Å². The van der Waals surface area contributed by atoms with Crippen LogP contribution >= 0.6 is 0 Å². The third kappa shape index (κ3) is 2.23. The lowest BCUT2D eigenvalue weighted by Crippen LogP contribution is -2.67. The summed E-state index contributed by atoms with van der Waals surface area (Å²) in [6.45, 7) is 6.26. The van der Waals surface area contributed by atoms with Crippen LogP contribution in [-0.2, 0) is 16.1 Å². The van der Waals surface area contributed by atoms with Gasteiger partial charge in [0.25, 0.3) is 0 Å². The Labute approximate surface area is 106 Å². The highest BCUT2D eigenvalue weighted by atomic mass is 16.2. The summed E-state index contributed by atoms with van der Waals surface area (Å²) < 4.78 is 1.75. The predicted octanol–water partition coefficient (Wildman–Crippen LogP) is 0.00860. The first-order valence-electron chi connectivity index (χ1n) is 6.02. The second-order valence-corrected chi connectivity index (χ2v) is 5.06. The molecule has 0 spiro atoms. The average molecular weight is 250 g/mol. The third-order valence-corrected chi connectivity index (χ3v) is 3.21. The molecule has 1 unspecified atom stereocenters. The van der Waals surface area contributed by atoms with Crippen molar-refractivity contribution >= 4 is 11.8 Å². The molecule has 1 aromatic heterocycles. The number of nitrogens with zero attached hydrogens (tertiary/aromatic N) is 3. The molecule has 1 N–H and O–H groups in total. The number of carbonyl (C=O) groups excluding carboxylic acids is 2. The Balaban J connectivity index is 2.09. The summed E-state index contributed by atoms with van der Waals surface area (Å²) in [4.78, 5) is 25.7. The first-order chi connectivity index (χ1) is 8.42. The number of nitrogens with one attached hydrogen (secondary N) is 1. The van der Waals surface area contributed by atoms with Gasteiger partial charge in [0.05, 0.1) is 6.54 Å². The van der Waals surface area contributed by atoms with E-state index in [4.69, 9.17) is 0 Å². The van der Waals surface area contributed by atoms with Crippen LogP contribution in [0.3, 0.4) is 0 Å². The quantitative estimate of drug-likeness (QED) is 0.821. The lowest BCUT2D eigenvalue weighted by Gasteiger charge is -2.41. The molecule has 18 heavy (non-hydrogen) atoms. The molecule has 98 valence electrons. The van der Waals surface area contributed by atoms with Gasteiger partial charge >= 0.3 is 0 Å². The van der Waals surface area contributed by atoms with Crippen LogP contribution in [0.25, 0.3) is 0 Å². The Morgan fingerprint density at radius 1 is 1.39 bits per heavy atom. The van der Waals surface area contributed by atoms with E-state index in [0.29, 0.717) is 13.1 Å². The van der Waals surface area contributed by atoms with E-state index in [1.54, 1.807) is 36.5 Å². The van der Waals surface area contributed by atoms with Crippen LogP contribution in [-0.4, -0.2) is 44.6 Å². The lowest BCUT2D eigenvalue weighted by atomic mass is 9.97. The van der Waals surface area contributed by atoms with Crippen LogP contribution < -0.4 is 5.32 Å². The Hall–Kier alpha value is -1.85. The van der Waals surface area contributed by atoms with Crippen molar-refractivity contribution in [2.45, 2.75) is 38.9 Å². The molecule has 1 fully saturated rings. The fourth-order valence-corrected chi connectivity index (χ4v) is 2.08. The molecule has 0 bridgehead atoms. The number of piperazine rings is 1. The van der Waals surface area contributed by atoms with Gasteiger partial charge in [-0.25, -0.2) is 0 Å². The van der Waals surface area contributed by atoms with E-state index in [0.717, 1.165) is 0 Å². The van der Waals surface area contributed by atoms with Crippen LogP contribution in [0.5, 0.6) is 0 Å². The minimum atomic E-state index is -0.826. The third-order valence-electron chi connectivity index (χ3n) is 3.21. The Kier molecular flexibility index (Phi) is 3.11. The normalized spacial score (nSPS) is 23.1. The van der Waals surface area contributed by atoms with Crippen molar-refractivity contribution < 1.29 is 9.59 Å². The monoisotopic (exact) mass is 250 g/mol. The number of hydrogen-bond donors (Lipinski definition) is 1. The minimum absolute atomic E-state index is 0.0539. The first kappa shape index (κ1) is 12.6. The van der Waals surface area contributed by atoms with Gasteiger partial charge < -0.3 is 10.2 Å². The van der Waals surface area contributed by atoms with Crippen molar-refractivity contribution in [1.29, 1.82) is 0 Å². The second kappa shape index (κ2) is 4.44. The van der Waals surface area contributed by atoms with Gasteiger partial charge in [-0.2, -0.15) is 5.10 Å². The van der Waals surface area contributed by atoms with Gasteiger partial charge in [0.2, 0.25) is 11.8 Å². The van der Waals surface area contributed by atoms with Crippen molar-refractivity contribution in [2.24, 2.45) is 0 Å². The molecule has 1 atom stereocenters. The van der Waals surface area contributed by atoms with Gasteiger partial charge in [-0.3, -0.25) is 14.3 Å². The maximum atomic E-state index is 12.2. The van der Waals surface area contributed by atoms with Crippen LogP contribution in [0.2, 0.25) is 0 Å². The molecule has 2 rings (SSSR count). The summed E-state index contributed by atoms with van der Waals surface area (Å²) >= 11 is 0. The number of rotatable bonds is 3. The van der Waals surface area contributed by atoms with Gasteiger partial charge in [0.1, 0.15) is 11.6 Å². The molecule has 6 heteroatoms. The van der Waals surface area contributed by atoms with E-state index < -0.39 is 11.6 Å². The zero-order valence-corrected chi connectivity index (χ0v) is 10.9. The highest BCUT2D eigenvalue weighted by molar-refractivity contribution is 5.99. The lowest BCUT2D eigenvalue weighted by molar-refractivity contribution is -0.152. The zero-order chi connectivity index (χ0) is 13.3. The summed E-state index contributed by atoms with van der Waals surface area (Å²) in [6.07, 6.45) is 3.53. The van der Waals surface area contributed by atoms with Crippen LogP contribution in [0.15, 0.2) is 18.5 Å². The summed E-state index contributed by atoms with van der Waals surface area (Å²) in [7, 11) is 0. The Morgan fingerprint density at radius 2 is 2.11 bits per heavy atom. The molecule has 1 aliphatic rings. The van der Waals surface area contributed by atoms with Crippen molar-refractivity contribution in [2.75, 3.05) is 6.54 Å². The van der Waals surface area contributed by atoms with Crippen LogP contribution in [0.4, 0.5) is 0 Å². The topological polar surface area (TPSA) is 67.2 Å². The van der Waals surface area contributed by atoms with Gasteiger partial charge in [0, 0.05) is 18.9 Å². The fraction of sp³-hybridized carbons (Fsp3) is 0.583. The molecule has 0 aromatic carbocycles. The molecule has 0 saturated carbocycles. The van der Waals surface area contributed by atoms with Crippen molar-refractivity contribution in [3.8, 4) is 0 Å². The zero-order valence-electron chi connectivity index (χ0n) is 10.9. The summed E-state index contributed by atoms with van der Waals surface area (Å²) in [5.74, 6) is -0.165. The maximum absolute atomic E-state index is 12.2. The van der Waals surface area contributed by atoms with Crippen LogP contribution in [0.1, 0.15) is 20.8 Å². The average Bonchev–Trinajstić information content (AvgIpc) is 2.79. The second-order valence-electron chi connectivity index (χ2n) is 5.06. The number of hydrogen-bond acceptors (Lipinski definition) is 3. The number of aromatic nitrogens is 2. The molecule has 1 saturated heterocycles. The fourth-order valence-electron chi connectivity index (χ4n) is 2.08. The smallest absolute Gasteiger partial charge is 0.248 e. The Morgan fingerprint density at radius 3 is 2.72 bits per heavy atom. The molecule has 0 aliphatic carbocycles. The SMILES string of the molecule is CC1C(=O)NC(C)(C)C(=O)N1CCn1cccn1. The Bertz CT molecular complexity index is 453. The maximum Gasteiger partial charge on any atom is 0.248 e. The summed E-state index contributed by atoms with van der Waals surface area (Å²) in [5.41, 5.74) is -0.826. The van der Waals surface area contributed by atoms with Gasteiger partial charge in [0.15, 0.2) is 0 Å². The molecular weight excluding hydrogens is 232 g/mol. The van der Waals surface area contributed by atoms with E-state index in [9.17, 15) is 9.59 Å². The summed E-state index contributed by atoms with van der Waals surface area (Å²) in [5, 5.41) is 6.81. The van der Waals surface area contributed by atoms with Gasteiger partial charge in [-0.1, -0.05) is 0 Å². The van der Waals surface area contributed by atoms with E-state index in [1.807, 2.05) is 12.3 Å². The number of amides is 2. The van der Waals surface area contributed by atoms with E-state index in [2.05, 4.69) is 10.4 Å². The molecule has 0 radical (unpaired) electrons. The predicted molar refractivity (Wildman–Crippen MR) is 65.6 cm³/mol. The highest BCUT2D eigenvalue weighted by Crippen LogP contribution is 2.17. The van der Waals surface area contributed by atoms with Crippen LogP contribution in [0, 0.1) is 0 Å². The van der Waals surface area contributed by atoms with Gasteiger partial charge in [-0.05, 0) is 26.8 Å². The van der Waals surface area contributed by atoms with E-state index in [1.165, 1.54) is 0 Å². The molecule has 2 heterocycles. The largest absolute Gasteiger partial charge is 0.340 e. The minimum Gasteiger partial charge on any atom is -0.340 e. The standard InChI is InChI=1S/C12H18N4O2/c1-9-10(17)14-12(2,3)11(18)16(9)8-7-15-6-4-5-13-15/h4-6,9H,7-8H2,1-3H3,(H,14,17). The summed E-state index contributed by atoms with van der Waals surface area (Å²) in [6, 6.07) is 1.40. The molecule has 1 aromatic rings. The first-order valence-corrected chi connectivity index (χ1v) is 6.02. The molecule has 2 amide bonds. The van der Waals surface area contributed by atoms with Crippen molar-refractivity contribution in [1.82, 2.24) is 20.0 Å². The molecular formula is C12H18N4O2. The van der Waals surface area contributed by atoms with Crippen molar-refractivity contribution in [3.63, 3.8) is 0 Å². The van der Waals surface area contributed by atoms with Gasteiger partial charge in [-0.15, -0.1) is 0 Å². The molecule has 6 nitrogen and oxygen atoms in total. The number of carbonyl (C=O) groups is 2.